The van der Waals surface area contributed by atoms with Gasteiger partial charge in [0.2, 0.25) is 5.95 Å². The number of phenols is 1. The second kappa shape index (κ2) is 8.78. The van der Waals surface area contributed by atoms with E-state index in [1.807, 2.05) is 0 Å². The molecule has 0 fully saturated rings. The number of pyridine rings is 1. The number of benzene rings is 4. The Morgan fingerprint density at radius 3 is 2.06 bits per heavy atom. The summed E-state index contributed by atoms with van der Waals surface area (Å²) in [6.45, 7) is 1.61. The highest BCUT2D eigenvalue weighted by Gasteiger charge is 2.19. The van der Waals surface area contributed by atoms with Crippen molar-refractivity contribution in [3.63, 3.8) is 0 Å². The fourth-order valence-corrected chi connectivity index (χ4v) is 4.14. The topological polar surface area (TPSA) is 50.9 Å². The maximum Gasteiger partial charge on any atom is 0.221 e. The van der Waals surface area contributed by atoms with Crippen LogP contribution >= 0.6 is 0 Å². The zero-order valence-electron chi connectivity index (χ0n) is 28.8. The predicted molar refractivity (Wildman–Crippen MR) is 142 cm³/mol. The van der Waals surface area contributed by atoms with Crippen LogP contribution in [0.4, 0.5) is 4.39 Å². The Hall–Kier alpha value is -4.77. The molecule has 4 nitrogen and oxygen atoms in total. The van der Waals surface area contributed by atoms with E-state index in [-0.39, 0.29) is 55.9 Å². The summed E-state index contributed by atoms with van der Waals surface area (Å²) in [6, 6.07) is 4.52. The molecule has 0 spiro atoms. The highest BCUT2D eigenvalue weighted by atomic mass is 19.1. The Morgan fingerprint density at radius 2 is 1.44 bits per heavy atom. The average Bonchev–Trinajstić information content (AvgIpc) is 3.43. The van der Waals surface area contributed by atoms with Crippen LogP contribution in [0.15, 0.2) is 109 Å². The number of para-hydroxylation sites is 1. The molecular weight excluding hydrogens is 449 g/mol. The second-order valence-electron chi connectivity index (χ2n) is 7.97. The molecule has 6 aromatic rings. The van der Waals surface area contributed by atoms with Crippen LogP contribution < -0.4 is 0 Å². The Labute approximate surface area is 222 Å². The maximum atomic E-state index is 15.0. The van der Waals surface area contributed by atoms with Gasteiger partial charge in [-0.2, -0.15) is 4.39 Å². The van der Waals surface area contributed by atoms with E-state index in [4.69, 9.17) is 13.7 Å². The van der Waals surface area contributed by atoms with Gasteiger partial charge in [0.15, 0.2) is 0 Å². The minimum atomic E-state index is -0.833. The number of aromatic nitrogens is 3. The number of halogens is 1. The number of aryl methyl sites for hydroxylation is 1. The quantitative estimate of drug-likeness (QED) is 0.264. The lowest BCUT2D eigenvalue weighted by Gasteiger charge is -2.18. The molecule has 174 valence electrons. The highest BCUT2D eigenvalue weighted by molar-refractivity contribution is 5.92. The molecule has 0 atom stereocenters. The van der Waals surface area contributed by atoms with Crippen molar-refractivity contribution in [2.24, 2.45) is 0 Å². The third kappa shape index (κ3) is 3.71. The second-order valence-corrected chi connectivity index (χ2v) is 7.97. The van der Waals surface area contributed by atoms with E-state index in [0.29, 0.717) is 5.69 Å². The first-order valence-electron chi connectivity index (χ1n) is 15.9. The van der Waals surface area contributed by atoms with Gasteiger partial charge >= 0.3 is 0 Å². The predicted octanol–water partition coefficient (Wildman–Crippen LogP) is 7.57. The van der Waals surface area contributed by atoms with Crippen LogP contribution in [0.1, 0.15) is 19.4 Å². The smallest absolute Gasteiger partial charge is 0.221 e. The molecular formula is C31H22FN3O. The van der Waals surface area contributed by atoms with Crippen LogP contribution in [0.2, 0.25) is 0 Å². The SMILES string of the molecule is [2H]c1c([2H])c([2H])c(-c2cccc(-c3c([2H])c([2H])c([2H])c([2H])c3[2H])c2-n2cnc3cc(O)c(-c4ccc(C)nc4F)cc32)c([2H])c1[2H]. The van der Waals surface area contributed by atoms with Crippen LogP contribution in [-0.2, 0) is 0 Å². The molecule has 0 amide bonds. The lowest BCUT2D eigenvalue weighted by Crippen LogP contribution is -2.00. The van der Waals surface area contributed by atoms with E-state index in [1.165, 1.54) is 47.3 Å². The summed E-state index contributed by atoms with van der Waals surface area (Å²) < 4.78 is 100. The monoisotopic (exact) mass is 481 g/mol. The summed E-state index contributed by atoms with van der Waals surface area (Å²) in [5.74, 6) is -1.13. The Kier molecular flexibility index (Phi) is 3.26. The lowest BCUT2D eigenvalue weighted by molar-refractivity contribution is 0.477. The van der Waals surface area contributed by atoms with Crippen LogP contribution in [0.5, 0.6) is 5.75 Å². The van der Waals surface area contributed by atoms with Gasteiger partial charge in [-0.1, -0.05) is 78.6 Å². The zero-order chi connectivity index (χ0) is 33.4. The summed E-state index contributed by atoms with van der Waals surface area (Å²) in [7, 11) is 0. The molecule has 1 N–H and O–H groups in total. The van der Waals surface area contributed by atoms with E-state index in [2.05, 4.69) is 9.97 Å². The van der Waals surface area contributed by atoms with Crippen molar-refractivity contribution < 1.29 is 23.2 Å². The summed E-state index contributed by atoms with van der Waals surface area (Å²) in [5, 5.41) is 10.9. The number of nitrogens with zero attached hydrogens (tertiary/aromatic N) is 3. The van der Waals surface area contributed by atoms with Gasteiger partial charge in [0.25, 0.3) is 0 Å². The minimum absolute atomic E-state index is 0.0116. The molecule has 0 aliphatic rings. The molecule has 2 heterocycles. The van der Waals surface area contributed by atoms with Gasteiger partial charge in [0, 0.05) is 34.0 Å². The molecule has 0 radical (unpaired) electrons. The molecule has 0 saturated carbocycles. The van der Waals surface area contributed by atoms with Gasteiger partial charge in [0.1, 0.15) is 12.1 Å². The fourth-order valence-electron chi connectivity index (χ4n) is 4.14. The fraction of sp³-hybridized carbons (Fsp3) is 0.0323. The van der Waals surface area contributed by atoms with E-state index < -0.39 is 66.4 Å². The van der Waals surface area contributed by atoms with Crippen molar-refractivity contribution >= 4 is 11.0 Å². The number of phenolic OH excluding ortho intramolecular Hbond substituents is 1. The molecule has 2 aromatic heterocycles. The molecule has 0 aliphatic heterocycles. The van der Waals surface area contributed by atoms with Gasteiger partial charge in [0.05, 0.1) is 30.4 Å². The third-order valence-corrected chi connectivity index (χ3v) is 5.76. The third-order valence-electron chi connectivity index (χ3n) is 5.76. The summed E-state index contributed by atoms with van der Waals surface area (Å²) in [6.07, 6.45) is 1.32. The number of fused-ring (bicyclic) bond motifs is 1. The van der Waals surface area contributed by atoms with E-state index in [0.717, 1.165) is 0 Å². The molecule has 36 heavy (non-hydrogen) atoms. The van der Waals surface area contributed by atoms with E-state index in [9.17, 15) is 5.11 Å². The van der Waals surface area contributed by atoms with Crippen LogP contribution in [0, 0.1) is 12.9 Å². The normalized spacial score (nSPS) is 15.1. The highest BCUT2D eigenvalue weighted by Crippen LogP contribution is 2.39. The van der Waals surface area contributed by atoms with Crippen LogP contribution in [0.3, 0.4) is 0 Å². The van der Waals surface area contributed by atoms with E-state index in [1.54, 1.807) is 13.0 Å². The van der Waals surface area contributed by atoms with Gasteiger partial charge in [-0.05, 0) is 36.2 Å². The summed E-state index contributed by atoms with van der Waals surface area (Å²) >= 11 is 0. The van der Waals surface area contributed by atoms with Gasteiger partial charge in [-0.3, -0.25) is 4.57 Å². The van der Waals surface area contributed by atoms with Crippen LogP contribution in [-0.4, -0.2) is 19.6 Å². The summed E-state index contributed by atoms with van der Waals surface area (Å²) in [4.78, 5) is 8.23. The molecule has 0 unspecified atom stereocenters. The first-order chi connectivity index (χ1) is 21.7. The molecule has 4 aromatic carbocycles. The van der Waals surface area contributed by atoms with Crippen LogP contribution in [0.25, 0.3) is 50.1 Å². The zero-order valence-corrected chi connectivity index (χ0v) is 18.8. The maximum absolute atomic E-state index is 15.0. The summed E-state index contributed by atoms with van der Waals surface area (Å²) in [5.41, 5.74) is 0.757. The van der Waals surface area contributed by atoms with Crippen molar-refractivity contribution in [2.45, 2.75) is 6.92 Å². The Balaban J connectivity index is 1.79. The number of rotatable bonds is 4. The first kappa shape index (κ1) is 13.4. The van der Waals surface area contributed by atoms with Gasteiger partial charge in [-0.25, -0.2) is 9.97 Å². The molecule has 0 saturated heterocycles. The van der Waals surface area contributed by atoms with Crippen molar-refractivity contribution in [3.05, 3.63) is 121 Å². The largest absolute Gasteiger partial charge is 0.507 e. The lowest BCUT2D eigenvalue weighted by atomic mass is 9.95. The van der Waals surface area contributed by atoms with E-state index >= 15 is 4.39 Å². The molecule has 6 rings (SSSR count). The average molecular weight is 482 g/mol. The van der Waals surface area contributed by atoms with Gasteiger partial charge < -0.3 is 5.11 Å². The van der Waals surface area contributed by atoms with Crippen molar-refractivity contribution in [3.8, 4) is 44.8 Å². The minimum Gasteiger partial charge on any atom is -0.507 e. The number of imidazole rings is 1. The Bertz CT molecular complexity index is 2130. The number of hydrogen-bond donors (Lipinski definition) is 1. The number of hydrogen-bond acceptors (Lipinski definition) is 3. The number of aromatic hydroxyl groups is 1. The molecule has 0 bridgehead atoms. The molecule has 5 heteroatoms. The van der Waals surface area contributed by atoms with Crippen molar-refractivity contribution in [1.82, 2.24) is 14.5 Å². The van der Waals surface area contributed by atoms with Crippen molar-refractivity contribution in [2.75, 3.05) is 0 Å². The standard InChI is InChI=1S/C31H22FN3O/c1-20-15-16-25(31(32)34-20)26-17-28-27(18-29(26)36)33-19-35(28)30-23(21-9-4-2-5-10-21)13-8-14-24(30)22-11-6-3-7-12-22/h2-19,36H,1H3/i2D,3D,4D,5D,6D,7D,9D,10D,11D,12D. The molecule has 0 aliphatic carbocycles. The van der Waals surface area contributed by atoms with Gasteiger partial charge in [-0.15, -0.1) is 0 Å². The Morgan fingerprint density at radius 1 is 0.806 bits per heavy atom. The first-order valence-corrected chi connectivity index (χ1v) is 10.9. The van der Waals surface area contributed by atoms with Crippen molar-refractivity contribution in [1.29, 1.82) is 0 Å².